The van der Waals surface area contributed by atoms with E-state index in [1.54, 1.807) is 62.0 Å². The number of rotatable bonds is 14. The molecule has 1 unspecified atom stereocenters. The molecule has 0 bridgehead atoms. The molecule has 18 atom stereocenters. The van der Waals surface area contributed by atoms with Crippen LogP contribution in [-0.4, -0.2) is 197 Å². The number of aliphatic hydroxyl groups excluding tert-OH is 2. The maximum Gasteiger partial charge on any atom is 0.309 e. The number of nitrogens with one attached hydrogen (secondary N) is 1. The van der Waals surface area contributed by atoms with Crippen molar-refractivity contribution in [3.8, 4) is 0 Å². The minimum Gasteiger partial charge on any atom is -0.459 e. The fourth-order valence-electron chi connectivity index (χ4n) is 13.0. The molecule has 19 heteroatoms. The SMILES string of the molecule is C=C(c1ccc(N2CCC(F)(F)C2)cc1)[C@@H](CF)N1C=C(CCN(C)[C@@H]2C[C@H](O[C@@H]3[C@@H](C)C([C@H]4C[C@@](C)(OC)[C@@H](O)[C@H](C)O4)[C@@H](C)C(=O)O[C@H](CC)[C@@](C)(O)[C@H](O)[C@@H](C)N(C)C[C@H](C)C[C@@]3(C)O)O[C@H](C)C2)NN1C. The molecular formula is C56H93F3N6O10. The van der Waals surface area contributed by atoms with Gasteiger partial charge in [-0.25, -0.2) is 13.2 Å². The molecular weight excluding hydrogens is 974 g/mol. The number of aliphatic hydroxyl groups is 4. The summed E-state index contributed by atoms with van der Waals surface area (Å²) in [5, 5.41) is 51.5. The summed E-state index contributed by atoms with van der Waals surface area (Å²) in [4.78, 5) is 20.5. The summed E-state index contributed by atoms with van der Waals surface area (Å²) >= 11 is 0. The number of carbonyl (C=O) groups is 1. The van der Waals surface area contributed by atoms with Crippen LogP contribution in [0.1, 0.15) is 120 Å². The van der Waals surface area contributed by atoms with E-state index in [1.807, 2.05) is 71.9 Å². The highest BCUT2D eigenvalue weighted by molar-refractivity contribution is 5.73. The number of esters is 1. The Kier molecular flexibility index (Phi) is 20.0. The molecule has 6 rings (SSSR count). The van der Waals surface area contributed by atoms with Gasteiger partial charge in [0.1, 0.15) is 36.6 Å². The molecule has 428 valence electrons. The van der Waals surface area contributed by atoms with E-state index in [0.717, 1.165) is 11.3 Å². The van der Waals surface area contributed by atoms with Crippen LogP contribution in [-0.2, 0) is 28.5 Å². The minimum atomic E-state index is -2.71. The Morgan fingerprint density at radius 2 is 1.67 bits per heavy atom. The van der Waals surface area contributed by atoms with Crippen LogP contribution in [0.5, 0.6) is 0 Å². The van der Waals surface area contributed by atoms with Gasteiger partial charge >= 0.3 is 5.97 Å². The summed E-state index contributed by atoms with van der Waals surface area (Å²) in [5.41, 5.74) is 1.87. The van der Waals surface area contributed by atoms with Gasteiger partial charge in [0.25, 0.3) is 5.92 Å². The van der Waals surface area contributed by atoms with Crippen molar-refractivity contribution in [3.05, 3.63) is 48.3 Å². The molecule has 0 aliphatic carbocycles. The number of nitrogens with zero attached hydrogens (tertiary/aromatic N) is 5. The molecule has 5 N–H and O–H groups in total. The molecule has 5 aliphatic rings. The number of cyclic esters (lactones) is 1. The normalized spacial score (nSPS) is 40.4. The summed E-state index contributed by atoms with van der Waals surface area (Å²) in [5.74, 6) is -5.61. The molecule has 0 radical (unpaired) electrons. The van der Waals surface area contributed by atoms with Crippen LogP contribution in [0.2, 0.25) is 0 Å². The molecule has 16 nitrogen and oxygen atoms in total. The van der Waals surface area contributed by atoms with Crippen LogP contribution >= 0.6 is 0 Å². The van der Waals surface area contributed by atoms with E-state index in [9.17, 15) is 38.4 Å². The molecule has 5 heterocycles. The fraction of sp³-hybridized carbons (Fsp3) is 0.804. The Morgan fingerprint density at radius 3 is 2.27 bits per heavy atom. The van der Waals surface area contributed by atoms with Gasteiger partial charge in [-0.05, 0) is 110 Å². The standard InChI is InChI=1S/C56H93F3N6O10/c1-16-46-55(11,70)49(66)38(7)62(13)30-33(2)27-53(9,69)51(36(5)48(37(6)52(68)74-46)45-28-54(10,71-15)50(67)39(8)73-45)75-47-26-43(25-34(3)72-47)61(12)23-21-41-31-65(63(14)60-41)44(29-57)35(4)40-17-19-42(20-18-40)64-24-22-56(58,59)32-64/h17-20,31,33-34,36-39,43-51,60,66-67,69-70H,4,16,21-30,32H2,1-3,5-15H3/t33-,34-,36+,37-,38-,39+,43+,44-,45-,46-,47+,48?,49-,50+,51-,53-,54-,55-/m1/s1. The number of hydrazine groups is 2. The average molecular weight is 1070 g/mol. The number of methoxy groups -OCH3 is 1. The third-order valence-corrected chi connectivity index (χ3v) is 17.7. The van der Waals surface area contributed by atoms with Gasteiger partial charge in [-0.2, -0.15) is 0 Å². The number of benzene rings is 1. The summed E-state index contributed by atoms with van der Waals surface area (Å²) in [7, 11) is 7.28. The monoisotopic (exact) mass is 1070 g/mol. The molecule has 1 aromatic carbocycles. The van der Waals surface area contributed by atoms with Gasteiger partial charge < -0.3 is 64.2 Å². The molecule has 75 heavy (non-hydrogen) atoms. The number of ether oxygens (including phenoxy) is 5. The molecule has 4 fully saturated rings. The first-order chi connectivity index (χ1) is 35.0. The van der Waals surface area contributed by atoms with Gasteiger partial charge in [-0.15, -0.1) is 5.12 Å². The van der Waals surface area contributed by atoms with Gasteiger partial charge in [0.2, 0.25) is 0 Å². The van der Waals surface area contributed by atoms with Crippen LogP contribution in [0.4, 0.5) is 18.9 Å². The first-order valence-electron chi connectivity index (χ1n) is 27.4. The summed E-state index contributed by atoms with van der Waals surface area (Å²) in [6, 6.07) is 5.93. The number of alkyl halides is 3. The number of anilines is 1. The van der Waals surface area contributed by atoms with Gasteiger partial charge in [0.15, 0.2) is 6.29 Å². The zero-order valence-corrected chi connectivity index (χ0v) is 47.3. The third kappa shape index (κ3) is 13.9. The molecule has 0 spiro atoms. The maximum atomic E-state index is 14.9. The first-order valence-corrected chi connectivity index (χ1v) is 27.4. The van der Waals surface area contributed by atoms with Crippen LogP contribution in [0.3, 0.4) is 0 Å². The van der Waals surface area contributed by atoms with E-state index in [0.29, 0.717) is 43.6 Å². The molecule has 4 saturated heterocycles. The predicted molar refractivity (Wildman–Crippen MR) is 283 cm³/mol. The van der Waals surface area contributed by atoms with E-state index in [2.05, 4.69) is 24.0 Å². The number of hydrogen-bond acceptors (Lipinski definition) is 16. The minimum absolute atomic E-state index is 0.000563. The second-order valence-corrected chi connectivity index (χ2v) is 23.8. The highest BCUT2D eigenvalue weighted by Gasteiger charge is 2.55. The fourth-order valence-corrected chi connectivity index (χ4v) is 13.0. The summed E-state index contributed by atoms with van der Waals surface area (Å²) < 4.78 is 75.4. The van der Waals surface area contributed by atoms with Gasteiger partial charge in [-0.1, -0.05) is 46.4 Å². The highest BCUT2D eigenvalue weighted by Crippen LogP contribution is 2.45. The van der Waals surface area contributed by atoms with Crippen molar-refractivity contribution in [1.82, 2.24) is 25.4 Å². The van der Waals surface area contributed by atoms with Crippen molar-refractivity contribution in [2.45, 2.75) is 204 Å². The maximum absolute atomic E-state index is 14.9. The third-order valence-electron chi connectivity index (χ3n) is 17.7. The Bertz CT molecular complexity index is 2090. The van der Waals surface area contributed by atoms with Crippen molar-refractivity contribution >= 4 is 17.2 Å². The van der Waals surface area contributed by atoms with E-state index in [1.165, 1.54) is 6.92 Å². The smallest absolute Gasteiger partial charge is 0.309 e. The lowest BCUT2D eigenvalue weighted by molar-refractivity contribution is -0.275. The van der Waals surface area contributed by atoms with Crippen LogP contribution in [0.25, 0.3) is 5.57 Å². The van der Waals surface area contributed by atoms with Gasteiger partial charge in [0, 0.05) is 95.1 Å². The van der Waals surface area contributed by atoms with Gasteiger partial charge in [0.05, 0.1) is 48.1 Å². The van der Waals surface area contributed by atoms with Crippen LogP contribution in [0, 0.1) is 23.7 Å². The molecule has 0 amide bonds. The lowest BCUT2D eigenvalue weighted by atomic mass is 9.68. The van der Waals surface area contributed by atoms with Crippen molar-refractivity contribution < 1.29 is 62.1 Å². The lowest BCUT2D eigenvalue weighted by Crippen LogP contribution is -2.61. The van der Waals surface area contributed by atoms with E-state index < -0.39 is 108 Å². The van der Waals surface area contributed by atoms with Crippen molar-refractivity contribution in [3.63, 3.8) is 0 Å². The zero-order valence-electron chi connectivity index (χ0n) is 47.3. The highest BCUT2D eigenvalue weighted by atomic mass is 19.3. The van der Waals surface area contributed by atoms with E-state index in [-0.39, 0.29) is 56.8 Å². The summed E-state index contributed by atoms with van der Waals surface area (Å²) in [6.07, 6.45) is -2.35. The average Bonchev–Trinajstić information content (AvgIpc) is 3.91. The van der Waals surface area contributed by atoms with E-state index in [4.69, 9.17) is 23.7 Å². The van der Waals surface area contributed by atoms with E-state index >= 15 is 0 Å². The van der Waals surface area contributed by atoms with Crippen LogP contribution < -0.4 is 10.3 Å². The van der Waals surface area contributed by atoms with Crippen molar-refractivity contribution in [2.75, 3.05) is 66.0 Å². The molecule has 0 saturated carbocycles. The largest absolute Gasteiger partial charge is 0.459 e. The Morgan fingerprint density at radius 1 is 1.00 bits per heavy atom. The number of carbonyl (C=O) groups excluding carboxylic acids is 1. The lowest BCUT2D eigenvalue weighted by Gasteiger charge is -2.51. The predicted octanol–water partition coefficient (Wildman–Crippen LogP) is 6.37. The Hall–Kier alpha value is -3.08. The van der Waals surface area contributed by atoms with Crippen molar-refractivity contribution in [2.24, 2.45) is 23.7 Å². The zero-order chi connectivity index (χ0) is 55.7. The second kappa shape index (κ2) is 24.5. The Balaban J connectivity index is 1.23. The molecule has 0 aromatic heterocycles. The number of likely N-dealkylation sites (N-methyl/N-ethyl adjacent to an activating group) is 1. The number of hydrogen-bond donors (Lipinski definition) is 5. The van der Waals surface area contributed by atoms with Gasteiger partial charge in [-0.3, -0.25) is 9.80 Å². The first kappa shape index (κ1) is 61.1. The quantitative estimate of drug-likeness (QED) is 0.130. The molecule has 5 aliphatic heterocycles. The topological polar surface area (TPSA) is 172 Å². The Labute approximate surface area is 445 Å². The second-order valence-electron chi connectivity index (χ2n) is 23.8. The molecule has 1 aromatic rings. The van der Waals surface area contributed by atoms with Crippen LogP contribution in [0.15, 0.2) is 42.7 Å². The van der Waals surface area contributed by atoms with Crippen molar-refractivity contribution in [1.29, 1.82) is 0 Å². The number of halogens is 3. The summed E-state index contributed by atoms with van der Waals surface area (Å²) in [6.45, 7) is 22.9.